The molecule has 2 heterocycles. The number of aromatic nitrogens is 2. The maximum Gasteiger partial charge on any atom is 0.308 e. The van der Waals surface area contributed by atoms with Gasteiger partial charge in [-0.05, 0) is 30.5 Å². The first kappa shape index (κ1) is 17.3. The van der Waals surface area contributed by atoms with Gasteiger partial charge in [0.1, 0.15) is 29.3 Å². The summed E-state index contributed by atoms with van der Waals surface area (Å²) in [7, 11) is 0. The largest absolute Gasteiger partial charge is 0.481 e. The van der Waals surface area contributed by atoms with Gasteiger partial charge in [-0.15, -0.1) is 0 Å². The lowest BCUT2D eigenvalue weighted by Crippen LogP contribution is -2.39. The molecule has 138 valence electrons. The summed E-state index contributed by atoms with van der Waals surface area (Å²) in [5.41, 5.74) is 0.904. The molecule has 1 atom stereocenters. The van der Waals surface area contributed by atoms with E-state index in [9.17, 15) is 18.7 Å². The standard InChI is InChI=1S/C20H17F2N3O2/c21-15-6-2-1-5-13(15)14-7-8-16(22)18-17(14)19(24-11-23-18)25-9-3-4-12(10-25)20(26)27/h1-2,5-8,11-12H,3-4,9-10H2,(H,26,27). The van der Waals surface area contributed by atoms with Gasteiger partial charge in [-0.3, -0.25) is 4.79 Å². The highest BCUT2D eigenvalue weighted by Crippen LogP contribution is 2.37. The van der Waals surface area contributed by atoms with Gasteiger partial charge in [0, 0.05) is 18.7 Å². The molecule has 0 spiro atoms. The number of rotatable bonds is 3. The minimum atomic E-state index is -0.862. The zero-order chi connectivity index (χ0) is 19.0. The molecule has 0 amide bonds. The molecule has 1 N–H and O–H groups in total. The molecule has 27 heavy (non-hydrogen) atoms. The molecule has 1 aromatic heterocycles. The van der Waals surface area contributed by atoms with Crippen molar-refractivity contribution in [2.24, 2.45) is 5.92 Å². The van der Waals surface area contributed by atoms with Gasteiger partial charge in [0.25, 0.3) is 0 Å². The fourth-order valence-corrected chi connectivity index (χ4v) is 3.64. The molecule has 2 aromatic carbocycles. The normalized spacial score (nSPS) is 17.3. The quantitative estimate of drug-likeness (QED) is 0.759. The molecule has 5 nitrogen and oxygen atoms in total. The van der Waals surface area contributed by atoms with Crippen molar-refractivity contribution < 1.29 is 18.7 Å². The third-order valence-electron chi connectivity index (χ3n) is 4.95. The maximum atomic E-state index is 14.4. The van der Waals surface area contributed by atoms with E-state index in [1.807, 2.05) is 4.90 Å². The minimum Gasteiger partial charge on any atom is -0.481 e. The van der Waals surface area contributed by atoms with Crippen molar-refractivity contribution in [2.45, 2.75) is 12.8 Å². The number of hydrogen-bond donors (Lipinski definition) is 1. The summed E-state index contributed by atoms with van der Waals surface area (Å²) in [5, 5.41) is 9.76. The van der Waals surface area contributed by atoms with E-state index in [1.165, 1.54) is 24.5 Å². The van der Waals surface area contributed by atoms with Crippen LogP contribution in [-0.2, 0) is 4.79 Å². The Hall–Kier alpha value is -3.09. The van der Waals surface area contributed by atoms with Crippen LogP contribution in [0.25, 0.3) is 22.0 Å². The minimum absolute atomic E-state index is 0.0956. The first-order valence-electron chi connectivity index (χ1n) is 8.72. The molecule has 1 aliphatic heterocycles. The highest BCUT2D eigenvalue weighted by atomic mass is 19.1. The number of nitrogens with zero attached hydrogens (tertiary/aromatic N) is 3. The summed E-state index contributed by atoms with van der Waals surface area (Å²) >= 11 is 0. The van der Waals surface area contributed by atoms with E-state index >= 15 is 0 Å². The molecule has 7 heteroatoms. The Morgan fingerprint density at radius 1 is 1.07 bits per heavy atom. The summed E-state index contributed by atoms with van der Waals surface area (Å²) < 4.78 is 28.9. The van der Waals surface area contributed by atoms with Crippen LogP contribution in [-0.4, -0.2) is 34.1 Å². The van der Waals surface area contributed by atoms with Crippen molar-refractivity contribution >= 4 is 22.7 Å². The molecular weight excluding hydrogens is 352 g/mol. The summed E-state index contributed by atoms with van der Waals surface area (Å²) in [6, 6.07) is 9.03. The van der Waals surface area contributed by atoms with Gasteiger partial charge >= 0.3 is 5.97 Å². The number of hydrogen-bond acceptors (Lipinski definition) is 4. The third kappa shape index (κ3) is 3.09. The zero-order valence-corrected chi connectivity index (χ0v) is 14.4. The van der Waals surface area contributed by atoms with Gasteiger partial charge in [0.2, 0.25) is 0 Å². The van der Waals surface area contributed by atoms with Crippen LogP contribution in [0.1, 0.15) is 12.8 Å². The van der Waals surface area contributed by atoms with Gasteiger partial charge in [0.15, 0.2) is 0 Å². The number of halogens is 2. The van der Waals surface area contributed by atoms with Gasteiger partial charge in [0.05, 0.1) is 11.3 Å². The van der Waals surface area contributed by atoms with E-state index in [-0.39, 0.29) is 12.1 Å². The van der Waals surface area contributed by atoms with Crippen molar-refractivity contribution in [1.29, 1.82) is 0 Å². The van der Waals surface area contributed by atoms with Crippen molar-refractivity contribution in [2.75, 3.05) is 18.0 Å². The molecule has 1 fully saturated rings. The van der Waals surface area contributed by atoms with Gasteiger partial charge < -0.3 is 10.0 Å². The number of aliphatic carboxylic acids is 1. The highest BCUT2D eigenvalue weighted by molar-refractivity contribution is 6.02. The molecule has 0 bridgehead atoms. The van der Waals surface area contributed by atoms with E-state index in [0.29, 0.717) is 41.7 Å². The van der Waals surface area contributed by atoms with Gasteiger partial charge in [-0.25, -0.2) is 18.7 Å². The first-order valence-corrected chi connectivity index (χ1v) is 8.72. The molecule has 1 saturated heterocycles. The van der Waals surface area contributed by atoms with Crippen LogP contribution in [0.15, 0.2) is 42.7 Å². The van der Waals surface area contributed by atoms with Crippen LogP contribution in [0.2, 0.25) is 0 Å². The topological polar surface area (TPSA) is 66.3 Å². The maximum absolute atomic E-state index is 14.4. The highest BCUT2D eigenvalue weighted by Gasteiger charge is 2.28. The lowest BCUT2D eigenvalue weighted by molar-refractivity contribution is -0.141. The predicted molar refractivity (Wildman–Crippen MR) is 97.5 cm³/mol. The number of benzene rings is 2. The van der Waals surface area contributed by atoms with E-state index in [1.54, 1.807) is 18.2 Å². The Bertz CT molecular complexity index is 1030. The smallest absolute Gasteiger partial charge is 0.308 e. The Morgan fingerprint density at radius 3 is 2.67 bits per heavy atom. The van der Waals surface area contributed by atoms with Crippen LogP contribution < -0.4 is 4.90 Å². The fourth-order valence-electron chi connectivity index (χ4n) is 3.64. The van der Waals surface area contributed by atoms with Crippen LogP contribution in [0.3, 0.4) is 0 Å². The second kappa shape index (κ2) is 6.90. The fraction of sp³-hybridized carbons (Fsp3) is 0.250. The summed E-state index contributed by atoms with van der Waals surface area (Å²) in [6.07, 6.45) is 2.53. The van der Waals surface area contributed by atoms with Gasteiger partial charge in [-0.1, -0.05) is 24.3 Å². The average Bonchev–Trinajstić information content (AvgIpc) is 2.69. The number of carbonyl (C=O) groups is 1. The number of carboxylic acid groups (broad SMARTS) is 1. The third-order valence-corrected chi connectivity index (χ3v) is 4.95. The second-order valence-corrected chi connectivity index (χ2v) is 6.62. The molecule has 1 aliphatic rings. The number of fused-ring (bicyclic) bond motifs is 1. The lowest BCUT2D eigenvalue weighted by atomic mass is 9.96. The lowest BCUT2D eigenvalue weighted by Gasteiger charge is -2.32. The van der Waals surface area contributed by atoms with Crippen molar-refractivity contribution in [1.82, 2.24) is 9.97 Å². The Morgan fingerprint density at radius 2 is 1.89 bits per heavy atom. The van der Waals surface area contributed by atoms with Crippen molar-refractivity contribution in [3.8, 4) is 11.1 Å². The molecule has 0 radical (unpaired) electrons. The molecule has 0 saturated carbocycles. The van der Waals surface area contributed by atoms with Crippen molar-refractivity contribution in [3.05, 3.63) is 54.4 Å². The van der Waals surface area contributed by atoms with Crippen LogP contribution in [0, 0.1) is 17.6 Å². The van der Waals surface area contributed by atoms with Crippen LogP contribution >= 0.6 is 0 Å². The number of carboxylic acids is 1. The predicted octanol–water partition coefficient (Wildman–Crippen LogP) is 3.88. The Kier molecular flexibility index (Phi) is 4.43. The number of anilines is 1. The molecule has 0 aliphatic carbocycles. The Labute approximate surface area is 154 Å². The molecular formula is C20H17F2N3O2. The monoisotopic (exact) mass is 369 g/mol. The van der Waals surface area contributed by atoms with Crippen LogP contribution in [0.4, 0.5) is 14.6 Å². The summed E-state index contributed by atoms with van der Waals surface area (Å²) in [4.78, 5) is 21.6. The van der Waals surface area contributed by atoms with Crippen molar-refractivity contribution in [3.63, 3.8) is 0 Å². The van der Waals surface area contributed by atoms with Crippen LogP contribution in [0.5, 0.6) is 0 Å². The summed E-state index contributed by atoms with van der Waals surface area (Å²) in [5.74, 6) is -1.90. The average molecular weight is 369 g/mol. The van der Waals surface area contributed by atoms with E-state index in [4.69, 9.17) is 0 Å². The van der Waals surface area contributed by atoms with E-state index in [0.717, 1.165) is 0 Å². The molecule has 1 unspecified atom stereocenters. The SMILES string of the molecule is O=C(O)C1CCCN(c2ncnc3c(F)ccc(-c4ccccc4F)c23)C1. The Balaban J connectivity index is 1.93. The zero-order valence-electron chi connectivity index (χ0n) is 14.4. The summed E-state index contributed by atoms with van der Waals surface area (Å²) in [6.45, 7) is 0.873. The molecule has 4 rings (SSSR count). The van der Waals surface area contributed by atoms with Gasteiger partial charge in [-0.2, -0.15) is 0 Å². The van der Waals surface area contributed by atoms with E-state index in [2.05, 4.69) is 9.97 Å². The van der Waals surface area contributed by atoms with E-state index < -0.39 is 23.5 Å². The first-order chi connectivity index (χ1) is 13.1. The second-order valence-electron chi connectivity index (χ2n) is 6.62. The number of piperidine rings is 1. The molecule has 3 aromatic rings.